The van der Waals surface area contributed by atoms with Gasteiger partial charge < -0.3 is 36.5 Å². The number of carboxylic acids is 1. The van der Waals surface area contributed by atoms with Crippen molar-refractivity contribution in [1.29, 1.82) is 0 Å². The first-order chi connectivity index (χ1) is 16.6. The Kier molecular flexibility index (Phi) is 13.4. The highest BCUT2D eigenvalue weighted by molar-refractivity contribution is 5.94. The van der Waals surface area contributed by atoms with Crippen molar-refractivity contribution in [2.45, 2.75) is 51.1 Å². The van der Waals surface area contributed by atoms with E-state index >= 15 is 0 Å². The molecule has 7 N–H and O–H groups in total. The third-order valence-electron chi connectivity index (χ3n) is 5.47. The molecular weight excluding hydrogens is 458 g/mol. The quantitative estimate of drug-likeness (QED) is 0.161. The summed E-state index contributed by atoms with van der Waals surface area (Å²) in [5.41, 5.74) is 6.41. The van der Waals surface area contributed by atoms with Crippen LogP contribution in [0.15, 0.2) is 30.3 Å². The number of carboxylic acid groups (broad SMARTS) is 1. The van der Waals surface area contributed by atoms with Crippen molar-refractivity contribution in [3.05, 3.63) is 35.9 Å². The number of carbonyl (C=O) groups is 5. The van der Waals surface area contributed by atoms with E-state index in [1.54, 1.807) is 0 Å². The van der Waals surface area contributed by atoms with Crippen LogP contribution < -0.4 is 16.4 Å². The van der Waals surface area contributed by atoms with Gasteiger partial charge in [0.25, 0.3) is 0 Å². The molecule has 1 aromatic carbocycles. The van der Waals surface area contributed by atoms with Crippen molar-refractivity contribution >= 4 is 29.4 Å². The molecule has 2 amide bonds. The molecule has 11 heteroatoms. The lowest BCUT2D eigenvalue weighted by molar-refractivity contribution is -0.144. The fourth-order valence-corrected chi connectivity index (χ4v) is 3.53. The van der Waals surface area contributed by atoms with Crippen LogP contribution >= 0.6 is 0 Å². The zero-order chi connectivity index (χ0) is 26.4. The second-order valence-corrected chi connectivity index (χ2v) is 8.42. The summed E-state index contributed by atoms with van der Waals surface area (Å²) in [6.45, 7) is 0.0277. The average Bonchev–Trinajstić information content (AvgIpc) is 2.82. The first kappa shape index (κ1) is 29.9. The lowest BCUT2D eigenvalue weighted by atomic mass is 9.91. The van der Waals surface area contributed by atoms with Gasteiger partial charge in [0.15, 0.2) is 5.78 Å². The summed E-state index contributed by atoms with van der Waals surface area (Å²) >= 11 is 0. The van der Waals surface area contributed by atoms with Gasteiger partial charge in [0, 0.05) is 18.8 Å². The number of nitrogens with one attached hydrogen (secondary N) is 2. The fourth-order valence-electron chi connectivity index (χ4n) is 3.53. The van der Waals surface area contributed by atoms with E-state index in [0.717, 1.165) is 5.56 Å². The molecule has 0 aliphatic carbocycles. The van der Waals surface area contributed by atoms with Crippen molar-refractivity contribution in [3.8, 4) is 0 Å². The Morgan fingerprint density at radius 2 is 1.49 bits per heavy atom. The standard InChI is InChI=1S/C24H35N3O8/c1-15(30)10-17(11-16-6-3-2-4-7-16)22(32)26-19(8-5-9-25)21(31)12-18(13-28)23(33)27-20(14-29)24(34)35/h2-4,6-7,17-20,28-29H,5,8-14,25H2,1H3,(H,26,32)(H,27,33)(H,34,35)/t17-,18-,19-,20-/m0/s1. The van der Waals surface area contributed by atoms with Crippen molar-refractivity contribution in [2.24, 2.45) is 17.6 Å². The normalized spacial score (nSPS) is 14.3. The third-order valence-corrected chi connectivity index (χ3v) is 5.47. The minimum atomic E-state index is -1.58. The van der Waals surface area contributed by atoms with E-state index < -0.39 is 67.1 Å². The molecule has 0 unspecified atom stereocenters. The monoisotopic (exact) mass is 493 g/mol. The van der Waals surface area contributed by atoms with Gasteiger partial charge in [-0.1, -0.05) is 30.3 Å². The molecule has 1 aromatic rings. The molecule has 0 spiro atoms. The van der Waals surface area contributed by atoms with E-state index in [9.17, 15) is 29.1 Å². The van der Waals surface area contributed by atoms with E-state index in [1.165, 1.54) is 6.92 Å². The molecule has 35 heavy (non-hydrogen) atoms. The number of Topliss-reactive ketones (excluding diaryl/α,β-unsaturated/α-hetero) is 2. The third kappa shape index (κ3) is 10.8. The second-order valence-electron chi connectivity index (χ2n) is 8.42. The van der Waals surface area contributed by atoms with Crippen LogP contribution in [0.1, 0.15) is 38.2 Å². The van der Waals surface area contributed by atoms with Crippen LogP contribution in [0.5, 0.6) is 0 Å². The molecule has 194 valence electrons. The number of hydrogen-bond acceptors (Lipinski definition) is 8. The Morgan fingerprint density at radius 3 is 2.00 bits per heavy atom. The molecule has 0 aliphatic heterocycles. The van der Waals surface area contributed by atoms with Crippen molar-refractivity contribution in [1.82, 2.24) is 10.6 Å². The van der Waals surface area contributed by atoms with Crippen LogP contribution in [0.3, 0.4) is 0 Å². The van der Waals surface area contributed by atoms with Crippen LogP contribution in [-0.4, -0.2) is 76.5 Å². The predicted molar refractivity (Wildman–Crippen MR) is 126 cm³/mol. The van der Waals surface area contributed by atoms with Crippen LogP contribution in [0.4, 0.5) is 0 Å². The highest BCUT2D eigenvalue weighted by Gasteiger charge is 2.31. The van der Waals surface area contributed by atoms with Gasteiger partial charge in [-0.3, -0.25) is 14.4 Å². The molecule has 0 fully saturated rings. The van der Waals surface area contributed by atoms with Gasteiger partial charge in [-0.2, -0.15) is 0 Å². The predicted octanol–water partition coefficient (Wildman–Crippen LogP) is -0.822. The van der Waals surface area contributed by atoms with Gasteiger partial charge in [0.2, 0.25) is 11.8 Å². The van der Waals surface area contributed by atoms with Crippen LogP contribution in [0.25, 0.3) is 0 Å². The summed E-state index contributed by atoms with van der Waals surface area (Å²) in [4.78, 5) is 61.1. The highest BCUT2D eigenvalue weighted by atomic mass is 16.4. The van der Waals surface area contributed by atoms with E-state index in [1.807, 2.05) is 30.3 Å². The van der Waals surface area contributed by atoms with E-state index in [-0.39, 0.29) is 25.2 Å². The summed E-state index contributed by atoms with van der Waals surface area (Å²) in [5, 5.41) is 32.4. The Bertz CT molecular complexity index is 862. The maximum atomic E-state index is 13.0. The van der Waals surface area contributed by atoms with Gasteiger partial charge in [0.1, 0.15) is 11.8 Å². The number of carbonyl (C=O) groups excluding carboxylic acids is 4. The lowest BCUT2D eigenvalue weighted by Gasteiger charge is -2.23. The number of hydrogen-bond donors (Lipinski definition) is 6. The molecule has 0 saturated heterocycles. The largest absolute Gasteiger partial charge is 0.480 e. The average molecular weight is 494 g/mol. The summed E-state index contributed by atoms with van der Waals surface area (Å²) < 4.78 is 0. The van der Waals surface area contributed by atoms with Gasteiger partial charge in [-0.25, -0.2) is 4.79 Å². The van der Waals surface area contributed by atoms with Gasteiger partial charge in [-0.05, 0) is 38.3 Å². The van der Waals surface area contributed by atoms with Crippen LogP contribution in [-0.2, 0) is 30.4 Å². The summed E-state index contributed by atoms with van der Waals surface area (Å²) in [7, 11) is 0. The van der Waals surface area contributed by atoms with E-state index in [2.05, 4.69) is 10.6 Å². The number of ketones is 2. The first-order valence-electron chi connectivity index (χ1n) is 11.4. The number of amides is 2. The Morgan fingerprint density at radius 1 is 0.886 bits per heavy atom. The van der Waals surface area contributed by atoms with Gasteiger partial charge in [0.05, 0.1) is 25.2 Å². The maximum Gasteiger partial charge on any atom is 0.328 e. The molecular formula is C24H35N3O8. The number of aliphatic carboxylic acids is 1. The Balaban J connectivity index is 2.96. The fraction of sp³-hybridized carbons (Fsp3) is 0.542. The zero-order valence-electron chi connectivity index (χ0n) is 19.8. The van der Waals surface area contributed by atoms with Crippen LogP contribution in [0, 0.1) is 11.8 Å². The topological polar surface area (TPSA) is 196 Å². The highest BCUT2D eigenvalue weighted by Crippen LogP contribution is 2.16. The maximum absolute atomic E-state index is 13.0. The van der Waals surface area contributed by atoms with E-state index in [0.29, 0.717) is 12.8 Å². The minimum Gasteiger partial charge on any atom is -0.480 e. The Labute approximate surface area is 204 Å². The molecule has 0 bridgehead atoms. The zero-order valence-corrected chi connectivity index (χ0v) is 19.8. The Hall–Kier alpha value is -3.15. The number of benzene rings is 1. The van der Waals surface area contributed by atoms with Gasteiger partial charge in [-0.15, -0.1) is 0 Å². The van der Waals surface area contributed by atoms with Crippen LogP contribution in [0.2, 0.25) is 0 Å². The number of aliphatic hydroxyl groups excluding tert-OH is 2. The number of nitrogens with two attached hydrogens (primary N) is 1. The second kappa shape index (κ2) is 15.7. The molecule has 0 radical (unpaired) electrons. The summed E-state index contributed by atoms with van der Waals surface area (Å²) in [6, 6.07) is 6.54. The SMILES string of the molecule is CC(=O)C[C@@H](Cc1ccccc1)C(=O)N[C@@H](CCCN)C(=O)C[C@@H](CO)C(=O)N[C@@H](CO)C(=O)O. The van der Waals surface area contributed by atoms with Gasteiger partial charge >= 0.3 is 5.97 Å². The van der Waals surface area contributed by atoms with E-state index in [4.69, 9.17) is 15.9 Å². The smallest absolute Gasteiger partial charge is 0.328 e. The minimum absolute atomic E-state index is 0.0159. The van der Waals surface area contributed by atoms with Crippen molar-refractivity contribution < 1.29 is 39.3 Å². The first-order valence-corrected chi connectivity index (χ1v) is 11.4. The summed E-state index contributed by atoms with van der Waals surface area (Å²) in [6.07, 6.45) is 0.398. The molecule has 11 nitrogen and oxygen atoms in total. The lowest BCUT2D eigenvalue weighted by Crippen LogP contribution is -2.49. The number of aliphatic hydroxyl groups is 2. The summed E-state index contributed by atoms with van der Waals surface area (Å²) in [5.74, 6) is -5.57. The molecule has 1 rings (SSSR count). The van der Waals surface area contributed by atoms with Crippen molar-refractivity contribution in [3.63, 3.8) is 0 Å². The molecule has 0 aliphatic rings. The molecule has 0 aromatic heterocycles. The number of rotatable bonds is 17. The van der Waals surface area contributed by atoms with Crippen molar-refractivity contribution in [2.75, 3.05) is 19.8 Å². The molecule has 0 saturated carbocycles. The molecule has 4 atom stereocenters. The molecule has 0 heterocycles.